The van der Waals surface area contributed by atoms with E-state index in [1.165, 1.54) is 54.4 Å². The predicted molar refractivity (Wildman–Crippen MR) is 150 cm³/mol. The van der Waals surface area contributed by atoms with Crippen LogP contribution in [0.1, 0.15) is 60.8 Å². The van der Waals surface area contributed by atoms with Crippen molar-refractivity contribution in [3.63, 3.8) is 0 Å². The highest BCUT2D eigenvalue weighted by atomic mass is 32.1. The van der Waals surface area contributed by atoms with E-state index in [4.69, 9.17) is 24.4 Å². The highest BCUT2D eigenvalue weighted by molar-refractivity contribution is 7.80. The third-order valence-electron chi connectivity index (χ3n) is 6.66. The van der Waals surface area contributed by atoms with Crippen LogP contribution in [0, 0.1) is 27.7 Å². The Balaban J connectivity index is 1.52. The molecule has 0 atom stereocenters. The third-order valence-corrected chi connectivity index (χ3v) is 7.24. The molecule has 1 fully saturated rings. The van der Waals surface area contributed by atoms with E-state index in [1.54, 1.807) is 0 Å². The Labute approximate surface area is 210 Å². The molecule has 0 spiro atoms. The zero-order chi connectivity index (χ0) is 23.8. The molecule has 3 rings (SSSR count). The fourth-order valence-electron chi connectivity index (χ4n) is 4.30. The molecule has 1 saturated carbocycles. The Morgan fingerprint density at radius 3 is 1.97 bits per heavy atom. The summed E-state index contributed by atoms with van der Waals surface area (Å²) in [6.07, 6.45) is 7.32. The van der Waals surface area contributed by atoms with Crippen molar-refractivity contribution in [2.24, 2.45) is 0 Å². The van der Waals surface area contributed by atoms with E-state index < -0.39 is 0 Å². The second-order valence-corrected chi connectivity index (χ2v) is 10.0. The summed E-state index contributed by atoms with van der Waals surface area (Å²) in [5.41, 5.74) is 7.22. The van der Waals surface area contributed by atoms with Crippen LogP contribution in [-0.4, -0.2) is 34.3 Å². The topological polar surface area (TPSA) is 39.3 Å². The molecule has 0 radical (unpaired) electrons. The zero-order valence-electron chi connectivity index (χ0n) is 20.5. The van der Waals surface area contributed by atoms with Crippen molar-refractivity contribution in [3.8, 4) is 0 Å². The predicted octanol–water partition coefficient (Wildman–Crippen LogP) is 6.63. The van der Waals surface area contributed by atoms with Crippen molar-refractivity contribution in [2.75, 3.05) is 23.7 Å². The number of thiocarbonyl (C=S) groups is 2. The lowest BCUT2D eigenvalue weighted by Gasteiger charge is -2.36. The van der Waals surface area contributed by atoms with Gasteiger partial charge in [0.15, 0.2) is 10.2 Å². The van der Waals surface area contributed by atoms with Crippen molar-refractivity contribution in [1.29, 1.82) is 0 Å². The van der Waals surface area contributed by atoms with Crippen LogP contribution >= 0.6 is 24.4 Å². The average Bonchev–Trinajstić information content (AvgIpc) is 2.79. The molecular weight excluding hydrogens is 444 g/mol. The van der Waals surface area contributed by atoms with Gasteiger partial charge >= 0.3 is 0 Å². The first-order valence-electron chi connectivity index (χ1n) is 12.1. The normalized spacial score (nSPS) is 13.9. The maximum Gasteiger partial charge on any atom is 0.173 e. The van der Waals surface area contributed by atoms with Crippen molar-refractivity contribution < 1.29 is 0 Å². The number of hydrogen-bond donors (Lipinski definition) is 3. The monoisotopic (exact) mass is 482 g/mol. The number of hydrogen-bond acceptors (Lipinski definition) is 2. The fraction of sp³-hybridized carbons (Fsp3) is 0.481. The smallest absolute Gasteiger partial charge is 0.173 e. The summed E-state index contributed by atoms with van der Waals surface area (Å²) in [4.78, 5) is 2.41. The maximum atomic E-state index is 5.88. The van der Waals surface area contributed by atoms with Gasteiger partial charge in [0, 0.05) is 30.5 Å². The van der Waals surface area contributed by atoms with E-state index in [1.807, 2.05) is 0 Å². The fourth-order valence-corrected chi connectivity index (χ4v) is 4.88. The molecule has 1 aliphatic carbocycles. The summed E-state index contributed by atoms with van der Waals surface area (Å²) in [5, 5.41) is 11.6. The van der Waals surface area contributed by atoms with E-state index in [0.717, 1.165) is 36.0 Å². The van der Waals surface area contributed by atoms with Crippen LogP contribution in [-0.2, 0) is 0 Å². The van der Waals surface area contributed by atoms with Crippen molar-refractivity contribution in [3.05, 3.63) is 58.7 Å². The largest absolute Gasteiger partial charge is 0.362 e. The van der Waals surface area contributed by atoms with Gasteiger partial charge in [-0.3, -0.25) is 0 Å². The van der Waals surface area contributed by atoms with Crippen LogP contribution in [0.5, 0.6) is 0 Å². The SMILES string of the molecule is Cc1ccc(NC(=S)NCCCN(C(=S)Nc2ccc(C)c(C)c2)C2CCCCC2)cc1C. The molecular formula is C27H38N4S2. The van der Waals surface area contributed by atoms with Crippen LogP contribution in [0.15, 0.2) is 36.4 Å². The Kier molecular flexibility index (Phi) is 9.51. The zero-order valence-corrected chi connectivity index (χ0v) is 22.1. The molecule has 0 unspecified atom stereocenters. The molecule has 0 aliphatic heterocycles. The van der Waals surface area contributed by atoms with Gasteiger partial charge in [0.25, 0.3) is 0 Å². The molecule has 0 aromatic heterocycles. The maximum absolute atomic E-state index is 5.88. The number of nitrogens with one attached hydrogen (secondary N) is 3. The first-order valence-corrected chi connectivity index (χ1v) is 12.9. The van der Waals surface area contributed by atoms with Gasteiger partial charge in [-0.1, -0.05) is 31.4 Å². The van der Waals surface area contributed by atoms with Crippen LogP contribution in [0.4, 0.5) is 11.4 Å². The molecule has 178 valence electrons. The molecule has 6 heteroatoms. The molecule has 4 nitrogen and oxygen atoms in total. The number of rotatable bonds is 7. The highest BCUT2D eigenvalue weighted by Gasteiger charge is 2.23. The van der Waals surface area contributed by atoms with E-state index in [9.17, 15) is 0 Å². The van der Waals surface area contributed by atoms with Crippen LogP contribution < -0.4 is 16.0 Å². The minimum atomic E-state index is 0.519. The lowest BCUT2D eigenvalue weighted by Crippen LogP contribution is -2.45. The summed E-state index contributed by atoms with van der Waals surface area (Å²) in [6, 6.07) is 13.3. The van der Waals surface area contributed by atoms with Gasteiger partial charge in [0.1, 0.15) is 0 Å². The quantitative estimate of drug-likeness (QED) is 0.304. The van der Waals surface area contributed by atoms with Gasteiger partial charge in [0.2, 0.25) is 0 Å². The van der Waals surface area contributed by atoms with E-state index >= 15 is 0 Å². The Morgan fingerprint density at radius 2 is 1.39 bits per heavy atom. The van der Waals surface area contributed by atoms with E-state index in [-0.39, 0.29) is 0 Å². The lowest BCUT2D eigenvalue weighted by atomic mass is 9.94. The summed E-state index contributed by atoms with van der Waals surface area (Å²) in [6.45, 7) is 10.2. The Morgan fingerprint density at radius 1 is 0.818 bits per heavy atom. The molecule has 0 saturated heterocycles. The van der Waals surface area contributed by atoms with Crippen molar-refractivity contribution in [1.82, 2.24) is 10.2 Å². The molecule has 0 heterocycles. The standard InChI is InChI=1S/C27H38N4S2/c1-19-11-13-23(17-21(19)3)29-26(32)28-15-8-16-31(25-9-6-5-7-10-25)27(33)30-24-14-12-20(2)22(4)18-24/h11-14,17-18,25H,5-10,15-16H2,1-4H3,(H,30,33)(H2,28,29,32). The number of benzene rings is 2. The Hall–Kier alpha value is -2.18. The van der Waals surface area contributed by atoms with Crippen molar-refractivity contribution in [2.45, 2.75) is 72.3 Å². The minimum Gasteiger partial charge on any atom is -0.362 e. The molecule has 3 N–H and O–H groups in total. The minimum absolute atomic E-state index is 0.519. The lowest BCUT2D eigenvalue weighted by molar-refractivity contribution is 0.244. The summed E-state index contributed by atoms with van der Waals surface area (Å²) < 4.78 is 0. The first-order chi connectivity index (χ1) is 15.8. The Bertz CT molecular complexity index is 967. The molecule has 2 aromatic rings. The molecule has 1 aliphatic rings. The van der Waals surface area contributed by atoms with E-state index in [2.05, 4.69) is 84.9 Å². The molecule has 0 bridgehead atoms. The van der Waals surface area contributed by atoms with Crippen LogP contribution in [0.3, 0.4) is 0 Å². The third kappa shape index (κ3) is 7.68. The first kappa shape index (κ1) is 25.4. The van der Waals surface area contributed by atoms with Gasteiger partial charge in [-0.2, -0.15) is 0 Å². The average molecular weight is 483 g/mol. The second-order valence-electron chi connectivity index (χ2n) is 9.25. The van der Waals surface area contributed by atoms with Gasteiger partial charge in [-0.15, -0.1) is 0 Å². The number of anilines is 2. The highest BCUT2D eigenvalue weighted by Crippen LogP contribution is 2.24. The van der Waals surface area contributed by atoms with Crippen molar-refractivity contribution >= 4 is 46.0 Å². The second kappa shape index (κ2) is 12.3. The number of aryl methyl sites for hydroxylation is 4. The molecule has 2 aromatic carbocycles. The number of nitrogens with zero attached hydrogens (tertiary/aromatic N) is 1. The van der Waals surface area contributed by atoms with E-state index in [0.29, 0.717) is 11.2 Å². The molecule has 0 amide bonds. The van der Waals surface area contributed by atoms with Gasteiger partial charge in [0.05, 0.1) is 0 Å². The molecule has 33 heavy (non-hydrogen) atoms. The van der Waals surface area contributed by atoms with Gasteiger partial charge in [-0.25, -0.2) is 0 Å². The van der Waals surface area contributed by atoms with Gasteiger partial charge in [-0.05, 0) is 118 Å². The van der Waals surface area contributed by atoms with Crippen LogP contribution in [0.2, 0.25) is 0 Å². The summed E-state index contributed by atoms with van der Waals surface area (Å²) >= 11 is 11.4. The van der Waals surface area contributed by atoms with Crippen LogP contribution in [0.25, 0.3) is 0 Å². The van der Waals surface area contributed by atoms with Gasteiger partial charge < -0.3 is 20.9 Å². The summed E-state index contributed by atoms with van der Waals surface area (Å²) in [7, 11) is 0. The summed E-state index contributed by atoms with van der Waals surface area (Å²) in [5.74, 6) is 0.